The first-order valence-corrected chi connectivity index (χ1v) is 4.55. The second-order valence-corrected chi connectivity index (χ2v) is 3.61. The van der Waals surface area contributed by atoms with Crippen LogP contribution in [0.3, 0.4) is 0 Å². The largest absolute Gasteiger partial charge is 0.367 e. The van der Waals surface area contributed by atoms with Crippen molar-refractivity contribution >= 4 is 5.91 Å². The summed E-state index contributed by atoms with van der Waals surface area (Å²) >= 11 is 0. The Labute approximate surface area is 78.5 Å². The van der Waals surface area contributed by atoms with Crippen LogP contribution in [0.5, 0.6) is 0 Å². The molecule has 0 aliphatic heterocycles. The summed E-state index contributed by atoms with van der Waals surface area (Å²) in [6.07, 6.45) is 3.44. The van der Waals surface area contributed by atoms with Gasteiger partial charge >= 0.3 is 0 Å². The van der Waals surface area contributed by atoms with Crippen LogP contribution < -0.4 is 5.32 Å². The van der Waals surface area contributed by atoms with Gasteiger partial charge in [0.25, 0.3) is 5.91 Å². The highest BCUT2D eigenvalue weighted by atomic mass is 16.1. The number of aromatic amines is 1. The third-order valence-corrected chi connectivity index (χ3v) is 2.22. The first-order chi connectivity index (χ1) is 6.11. The number of nitrogens with one attached hydrogen (secondary N) is 2. The first-order valence-electron chi connectivity index (χ1n) is 4.55. The van der Waals surface area contributed by atoms with Crippen LogP contribution in [0.25, 0.3) is 0 Å². The highest BCUT2D eigenvalue weighted by molar-refractivity contribution is 5.94. The van der Waals surface area contributed by atoms with Crippen LogP contribution in [0.15, 0.2) is 18.5 Å². The van der Waals surface area contributed by atoms with Crippen molar-refractivity contribution in [1.82, 2.24) is 10.3 Å². The Balaban J connectivity index is 2.52. The van der Waals surface area contributed by atoms with Crippen LogP contribution in [-0.2, 0) is 0 Å². The van der Waals surface area contributed by atoms with Crippen LogP contribution in [-0.4, -0.2) is 16.9 Å². The normalized spacial score (nSPS) is 12.9. The van der Waals surface area contributed by atoms with Crippen LogP contribution in [0.2, 0.25) is 0 Å². The van der Waals surface area contributed by atoms with Crippen LogP contribution in [0.4, 0.5) is 0 Å². The maximum Gasteiger partial charge on any atom is 0.253 e. The van der Waals surface area contributed by atoms with E-state index in [1.54, 1.807) is 18.5 Å². The predicted molar refractivity (Wildman–Crippen MR) is 52.6 cm³/mol. The van der Waals surface area contributed by atoms with Crippen molar-refractivity contribution < 1.29 is 4.79 Å². The summed E-state index contributed by atoms with van der Waals surface area (Å²) < 4.78 is 0. The molecule has 13 heavy (non-hydrogen) atoms. The minimum atomic E-state index is -0.0116. The van der Waals surface area contributed by atoms with Crippen molar-refractivity contribution in [2.45, 2.75) is 26.8 Å². The van der Waals surface area contributed by atoms with Gasteiger partial charge in [-0.25, -0.2) is 0 Å². The highest BCUT2D eigenvalue weighted by Gasteiger charge is 2.11. The van der Waals surface area contributed by atoms with Crippen molar-refractivity contribution in [2.24, 2.45) is 5.92 Å². The van der Waals surface area contributed by atoms with E-state index < -0.39 is 0 Å². The number of carbonyl (C=O) groups is 1. The number of amides is 1. The zero-order valence-electron chi connectivity index (χ0n) is 8.29. The molecular weight excluding hydrogens is 164 g/mol. The van der Waals surface area contributed by atoms with Crippen molar-refractivity contribution in [1.29, 1.82) is 0 Å². The molecule has 0 spiro atoms. The molecule has 0 aliphatic carbocycles. The quantitative estimate of drug-likeness (QED) is 0.731. The molecule has 72 valence electrons. The highest BCUT2D eigenvalue weighted by Crippen LogP contribution is 2.02. The lowest BCUT2D eigenvalue weighted by atomic mass is 10.1. The Morgan fingerprint density at radius 2 is 2.15 bits per heavy atom. The van der Waals surface area contributed by atoms with Gasteiger partial charge in [0.05, 0.1) is 5.56 Å². The van der Waals surface area contributed by atoms with E-state index in [2.05, 4.69) is 24.1 Å². The Kier molecular flexibility index (Phi) is 3.12. The molecule has 1 amide bonds. The topological polar surface area (TPSA) is 44.9 Å². The smallest absolute Gasteiger partial charge is 0.253 e. The molecule has 0 bridgehead atoms. The van der Waals surface area contributed by atoms with Gasteiger partial charge in [0.15, 0.2) is 0 Å². The number of carbonyl (C=O) groups excluding carboxylic acids is 1. The van der Waals surface area contributed by atoms with E-state index in [9.17, 15) is 4.79 Å². The van der Waals surface area contributed by atoms with Gasteiger partial charge in [-0.15, -0.1) is 0 Å². The van der Waals surface area contributed by atoms with E-state index in [0.29, 0.717) is 11.5 Å². The zero-order valence-corrected chi connectivity index (χ0v) is 8.29. The summed E-state index contributed by atoms with van der Waals surface area (Å²) in [5, 5.41) is 2.92. The summed E-state index contributed by atoms with van der Waals surface area (Å²) in [6.45, 7) is 6.18. The fourth-order valence-electron chi connectivity index (χ4n) is 0.922. The third-order valence-electron chi connectivity index (χ3n) is 2.22. The summed E-state index contributed by atoms with van der Waals surface area (Å²) in [5.74, 6) is 0.449. The molecule has 1 unspecified atom stereocenters. The van der Waals surface area contributed by atoms with E-state index in [0.717, 1.165) is 0 Å². The number of hydrogen-bond acceptors (Lipinski definition) is 1. The summed E-state index contributed by atoms with van der Waals surface area (Å²) in [5.41, 5.74) is 0.688. The SMILES string of the molecule is CC(C)C(C)NC(=O)c1cc[nH]c1. The molecule has 0 radical (unpaired) electrons. The first kappa shape index (κ1) is 9.84. The zero-order chi connectivity index (χ0) is 9.84. The average Bonchev–Trinajstić information content (AvgIpc) is 2.55. The van der Waals surface area contributed by atoms with Crippen molar-refractivity contribution in [3.05, 3.63) is 24.0 Å². The van der Waals surface area contributed by atoms with Gasteiger partial charge in [-0.1, -0.05) is 13.8 Å². The minimum Gasteiger partial charge on any atom is -0.367 e. The molecule has 0 saturated carbocycles. The van der Waals surface area contributed by atoms with E-state index >= 15 is 0 Å². The maximum absolute atomic E-state index is 11.5. The third kappa shape index (κ3) is 2.61. The van der Waals surface area contributed by atoms with Crippen LogP contribution >= 0.6 is 0 Å². The van der Waals surface area contributed by atoms with E-state index in [4.69, 9.17) is 0 Å². The predicted octanol–water partition coefficient (Wildman–Crippen LogP) is 1.79. The number of rotatable bonds is 3. The second kappa shape index (κ2) is 4.12. The Morgan fingerprint density at radius 1 is 1.46 bits per heavy atom. The van der Waals surface area contributed by atoms with Gasteiger partial charge < -0.3 is 10.3 Å². The Bertz CT molecular complexity index is 264. The average molecular weight is 180 g/mol. The Morgan fingerprint density at radius 3 is 2.62 bits per heavy atom. The molecule has 0 aliphatic rings. The summed E-state index contributed by atoms with van der Waals surface area (Å²) in [6, 6.07) is 1.98. The standard InChI is InChI=1S/C10H16N2O/c1-7(2)8(3)12-10(13)9-4-5-11-6-9/h4-8,11H,1-3H3,(H,12,13). The van der Waals surface area contributed by atoms with E-state index in [1.807, 2.05) is 6.92 Å². The van der Waals surface area contributed by atoms with E-state index in [-0.39, 0.29) is 11.9 Å². The monoisotopic (exact) mass is 180 g/mol. The van der Waals surface area contributed by atoms with Crippen LogP contribution in [0.1, 0.15) is 31.1 Å². The second-order valence-electron chi connectivity index (χ2n) is 3.61. The molecule has 0 saturated heterocycles. The molecule has 2 N–H and O–H groups in total. The van der Waals surface area contributed by atoms with Crippen LogP contribution in [0, 0.1) is 5.92 Å². The fourth-order valence-corrected chi connectivity index (χ4v) is 0.922. The number of aromatic nitrogens is 1. The maximum atomic E-state index is 11.5. The number of H-pyrrole nitrogens is 1. The van der Waals surface area contributed by atoms with Gasteiger partial charge in [0.2, 0.25) is 0 Å². The lowest BCUT2D eigenvalue weighted by Crippen LogP contribution is -2.35. The molecule has 0 fully saturated rings. The minimum absolute atomic E-state index is 0.0116. The molecule has 1 aromatic rings. The molecule has 1 heterocycles. The fraction of sp³-hybridized carbons (Fsp3) is 0.500. The molecule has 3 nitrogen and oxygen atoms in total. The molecule has 3 heteroatoms. The van der Waals surface area contributed by atoms with Gasteiger partial charge in [-0.05, 0) is 18.9 Å². The summed E-state index contributed by atoms with van der Waals surface area (Å²) in [7, 11) is 0. The summed E-state index contributed by atoms with van der Waals surface area (Å²) in [4.78, 5) is 14.3. The lowest BCUT2D eigenvalue weighted by molar-refractivity contribution is 0.0930. The molecule has 1 aromatic heterocycles. The molecular formula is C10H16N2O. The Hall–Kier alpha value is -1.25. The number of hydrogen-bond donors (Lipinski definition) is 2. The lowest BCUT2D eigenvalue weighted by Gasteiger charge is -2.16. The van der Waals surface area contributed by atoms with Gasteiger partial charge in [0.1, 0.15) is 0 Å². The van der Waals surface area contributed by atoms with Crippen molar-refractivity contribution in [2.75, 3.05) is 0 Å². The van der Waals surface area contributed by atoms with Gasteiger partial charge in [0, 0.05) is 18.4 Å². The molecule has 1 atom stereocenters. The molecule has 1 rings (SSSR count). The van der Waals surface area contributed by atoms with Crippen molar-refractivity contribution in [3.8, 4) is 0 Å². The molecule has 0 aromatic carbocycles. The van der Waals surface area contributed by atoms with E-state index in [1.165, 1.54) is 0 Å². The van der Waals surface area contributed by atoms with Crippen molar-refractivity contribution in [3.63, 3.8) is 0 Å². The van der Waals surface area contributed by atoms with Gasteiger partial charge in [-0.2, -0.15) is 0 Å². The van der Waals surface area contributed by atoms with Gasteiger partial charge in [-0.3, -0.25) is 4.79 Å².